The van der Waals surface area contributed by atoms with E-state index in [0.29, 0.717) is 41.8 Å². The predicted molar refractivity (Wildman–Crippen MR) is 136 cm³/mol. The zero-order valence-corrected chi connectivity index (χ0v) is 21.3. The van der Waals surface area contributed by atoms with Crippen molar-refractivity contribution in [1.82, 2.24) is 20.6 Å². The van der Waals surface area contributed by atoms with Gasteiger partial charge in [0.05, 0.1) is 17.7 Å². The minimum atomic E-state index is -0.445. The third-order valence-electron chi connectivity index (χ3n) is 7.51. The zero-order chi connectivity index (χ0) is 26.3. The van der Waals surface area contributed by atoms with Crippen LogP contribution in [0.4, 0.5) is 5.95 Å². The number of benzene rings is 1. The average molecular weight is 519 g/mol. The van der Waals surface area contributed by atoms with Crippen LogP contribution in [0.2, 0.25) is 5.02 Å². The van der Waals surface area contributed by atoms with Crippen LogP contribution in [0, 0.1) is 35.6 Å². The lowest BCUT2D eigenvalue weighted by atomic mass is 9.74. The Kier molecular flexibility index (Phi) is 6.65. The molecule has 3 N–H and O–H groups in total. The molecule has 5 rings (SSSR count). The summed E-state index contributed by atoms with van der Waals surface area (Å²) in [5.74, 6) is 0.822. The molecule has 0 bridgehead atoms. The van der Waals surface area contributed by atoms with Gasteiger partial charge in [-0.3, -0.25) is 14.5 Å². The van der Waals surface area contributed by atoms with E-state index in [9.17, 15) is 14.9 Å². The number of fused-ring (bicyclic) bond motifs is 1. The number of carbonyl (C=O) groups excluding carboxylic acids is 2. The molecule has 2 amide bonds. The van der Waals surface area contributed by atoms with Crippen LogP contribution in [0.25, 0.3) is 0 Å². The topological polar surface area (TPSA) is 147 Å². The number of nitrogens with zero attached hydrogens (tertiary/aromatic N) is 5. The van der Waals surface area contributed by atoms with Gasteiger partial charge in [-0.25, -0.2) is 15.5 Å². The molecule has 1 aromatic carbocycles. The van der Waals surface area contributed by atoms with E-state index in [1.54, 1.807) is 23.2 Å². The first kappa shape index (κ1) is 24.8. The molecule has 3 aliphatic rings. The second-order valence-electron chi connectivity index (χ2n) is 9.97. The number of hydrogen-bond acceptors (Lipinski definition) is 8. The van der Waals surface area contributed by atoms with Crippen LogP contribution in [0.5, 0.6) is 0 Å². The fourth-order valence-corrected chi connectivity index (χ4v) is 5.32. The molecule has 2 heterocycles. The Bertz CT molecular complexity index is 1350. The van der Waals surface area contributed by atoms with Gasteiger partial charge in [-0.15, -0.1) is 0 Å². The van der Waals surface area contributed by atoms with E-state index in [4.69, 9.17) is 17.1 Å². The number of piperidine rings is 1. The van der Waals surface area contributed by atoms with Gasteiger partial charge in [-0.2, -0.15) is 10.4 Å². The number of halogens is 1. The highest BCUT2D eigenvalue weighted by Gasteiger charge is 2.53. The summed E-state index contributed by atoms with van der Waals surface area (Å²) in [6.07, 6.45) is 5.44. The standard InChI is InChI=1S/C26H27ClN8O2/c1-13(22-10-31-26(32-14(22)2)35-12-17-7-21(17)25(35)37)30-11-23(34-29)24(36)33-19-5-16(6-19)20-8-18(27)4-3-15(20)9-28/h3-4,8,10-11,13,16-17,19,21,29-30H,5-7,12H2,1-2H3,(H,33,36)/b23-11-,34-29?/t13?,16-,17-,19+,21-/m1/s1. The van der Waals surface area contributed by atoms with Crippen molar-refractivity contribution in [3.05, 3.63) is 63.7 Å². The number of aryl methyl sites for hydroxylation is 1. The third kappa shape index (κ3) is 4.91. The number of hydrogen-bond donors (Lipinski definition) is 3. The van der Waals surface area contributed by atoms with E-state index in [1.807, 2.05) is 19.9 Å². The Labute approximate surface area is 219 Å². The molecule has 0 spiro atoms. The smallest absolute Gasteiger partial charge is 0.273 e. The first-order valence-corrected chi connectivity index (χ1v) is 12.7. The van der Waals surface area contributed by atoms with Crippen LogP contribution >= 0.6 is 11.6 Å². The van der Waals surface area contributed by atoms with Crippen LogP contribution in [0.1, 0.15) is 60.5 Å². The van der Waals surface area contributed by atoms with Gasteiger partial charge in [0.25, 0.3) is 5.91 Å². The number of nitrogens with one attached hydrogen (secondary N) is 3. The van der Waals surface area contributed by atoms with Crippen molar-refractivity contribution < 1.29 is 9.59 Å². The number of amides is 2. The molecule has 11 heteroatoms. The van der Waals surface area contributed by atoms with Gasteiger partial charge in [0, 0.05) is 47.2 Å². The highest BCUT2D eigenvalue weighted by Crippen LogP contribution is 2.46. The van der Waals surface area contributed by atoms with Crippen LogP contribution in [-0.4, -0.2) is 34.4 Å². The molecule has 2 saturated carbocycles. The Morgan fingerprint density at radius 3 is 2.81 bits per heavy atom. The van der Waals surface area contributed by atoms with Crippen molar-refractivity contribution in [2.45, 2.75) is 51.1 Å². The van der Waals surface area contributed by atoms with Crippen LogP contribution in [0.15, 0.2) is 41.4 Å². The second-order valence-corrected chi connectivity index (χ2v) is 10.4. The molecule has 2 aromatic rings. The second kappa shape index (κ2) is 9.90. The Morgan fingerprint density at radius 1 is 1.38 bits per heavy atom. The minimum absolute atomic E-state index is 0.0483. The van der Waals surface area contributed by atoms with E-state index in [0.717, 1.165) is 23.2 Å². The molecule has 37 heavy (non-hydrogen) atoms. The Morgan fingerprint density at radius 2 is 2.16 bits per heavy atom. The number of nitriles is 1. The lowest BCUT2D eigenvalue weighted by molar-refractivity contribution is -0.119. The summed E-state index contributed by atoms with van der Waals surface area (Å²) in [6, 6.07) is 7.08. The number of carbonyl (C=O) groups is 2. The fourth-order valence-electron chi connectivity index (χ4n) is 5.14. The Balaban J connectivity index is 1.16. The van der Waals surface area contributed by atoms with Crippen LogP contribution in [-0.2, 0) is 9.59 Å². The summed E-state index contributed by atoms with van der Waals surface area (Å²) in [6.45, 7) is 4.44. The number of aromatic nitrogens is 2. The molecule has 10 nitrogen and oxygen atoms in total. The van der Waals surface area contributed by atoms with Crippen molar-refractivity contribution in [3.63, 3.8) is 0 Å². The maximum atomic E-state index is 12.7. The van der Waals surface area contributed by atoms with Gasteiger partial charge in [-0.05, 0) is 68.7 Å². The van der Waals surface area contributed by atoms with Crippen molar-refractivity contribution in [1.29, 1.82) is 10.8 Å². The lowest BCUT2D eigenvalue weighted by Gasteiger charge is -2.36. The normalized spacial score (nSPS) is 25.0. The van der Waals surface area contributed by atoms with Gasteiger partial charge in [0.1, 0.15) is 0 Å². The number of rotatable bonds is 8. The predicted octanol–water partition coefficient (Wildman–Crippen LogP) is 3.88. The van der Waals surface area contributed by atoms with Gasteiger partial charge < -0.3 is 10.6 Å². The SMILES string of the molecule is Cc1nc(N2C[C@H]3C[C@H]3C2=O)ncc1C(C)N/C=C(\N=N)C(=O)N[C@H]1C[C@@H](c2cc(Cl)ccc2C#N)C1. The summed E-state index contributed by atoms with van der Waals surface area (Å²) >= 11 is 6.09. The molecule has 190 valence electrons. The molecular weight excluding hydrogens is 492 g/mol. The largest absolute Gasteiger partial charge is 0.382 e. The van der Waals surface area contributed by atoms with Crippen molar-refractivity contribution in [2.75, 3.05) is 11.4 Å². The summed E-state index contributed by atoms with van der Waals surface area (Å²) < 4.78 is 0. The van der Waals surface area contributed by atoms with Crippen molar-refractivity contribution in [2.24, 2.45) is 17.0 Å². The van der Waals surface area contributed by atoms with E-state index >= 15 is 0 Å². The molecule has 1 aromatic heterocycles. The van der Waals surface area contributed by atoms with Gasteiger partial charge in [0.15, 0.2) is 5.70 Å². The monoisotopic (exact) mass is 518 g/mol. The highest BCUT2D eigenvalue weighted by molar-refractivity contribution is 6.30. The van der Waals surface area contributed by atoms with E-state index < -0.39 is 5.91 Å². The summed E-state index contributed by atoms with van der Waals surface area (Å²) in [5.41, 5.74) is 10.4. The lowest BCUT2D eigenvalue weighted by Crippen LogP contribution is -2.44. The highest BCUT2D eigenvalue weighted by atomic mass is 35.5. The van der Waals surface area contributed by atoms with Crippen molar-refractivity contribution in [3.8, 4) is 6.07 Å². The van der Waals surface area contributed by atoms with Gasteiger partial charge >= 0.3 is 0 Å². The molecule has 3 fully saturated rings. The summed E-state index contributed by atoms with van der Waals surface area (Å²) in [5, 5.41) is 19.3. The summed E-state index contributed by atoms with van der Waals surface area (Å²) in [4.78, 5) is 35.6. The molecular formula is C26H27ClN8O2. The maximum absolute atomic E-state index is 12.7. The zero-order valence-electron chi connectivity index (χ0n) is 20.5. The third-order valence-corrected chi connectivity index (χ3v) is 7.74. The van der Waals surface area contributed by atoms with Gasteiger partial charge in [0.2, 0.25) is 11.9 Å². The molecule has 3 atom stereocenters. The average Bonchev–Trinajstić information content (AvgIpc) is 3.56. The summed E-state index contributed by atoms with van der Waals surface area (Å²) in [7, 11) is 0. The van der Waals surface area contributed by atoms with Crippen LogP contribution in [0.3, 0.4) is 0 Å². The van der Waals surface area contributed by atoms with E-state index in [-0.39, 0.29) is 35.5 Å². The minimum Gasteiger partial charge on any atom is -0.382 e. The van der Waals surface area contributed by atoms with Gasteiger partial charge in [-0.1, -0.05) is 11.6 Å². The Hall–Kier alpha value is -3.84. The molecule has 1 unspecified atom stereocenters. The first-order valence-electron chi connectivity index (χ1n) is 12.3. The van der Waals surface area contributed by atoms with E-state index in [2.05, 4.69) is 31.8 Å². The molecule has 2 aliphatic carbocycles. The van der Waals surface area contributed by atoms with Crippen LogP contribution < -0.4 is 15.5 Å². The van der Waals surface area contributed by atoms with E-state index in [1.165, 1.54) is 6.20 Å². The molecule has 1 aliphatic heterocycles. The maximum Gasteiger partial charge on any atom is 0.273 e. The quantitative estimate of drug-likeness (QED) is 0.357. The first-order chi connectivity index (χ1) is 17.8. The van der Waals surface area contributed by atoms with Crippen molar-refractivity contribution >= 4 is 29.4 Å². The molecule has 0 radical (unpaired) electrons. The fraction of sp³-hybridized carbons (Fsp3) is 0.423. The number of anilines is 1. The molecule has 1 saturated heterocycles.